The average molecular weight is 1320 g/mol. The maximum atomic E-state index is 10.5. The van der Waals surface area contributed by atoms with Crippen LogP contribution < -0.4 is 0 Å². The molecule has 0 aliphatic rings. The lowest BCUT2D eigenvalue weighted by Gasteiger charge is -2.21. The summed E-state index contributed by atoms with van der Waals surface area (Å²) in [6, 6.07) is 31.3. The average Bonchev–Trinajstić information content (AvgIpc) is 0.840. The molecule has 8 nitrogen and oxygen atoms in total. The summed E-state index contributed by atoms with van der Waals surface area (Å²) in [6.45, 7) is 45.7. The number of aryl methyl sites for hydroxylation is 6. The van der Waals surface area contributed by atoms with Gasteiger partial charge in [0, 0.05) is 39.2 Å². The maximum absolute atomic E-state index is 10.5. The molecule has 0 bridgehead atoms. The first kappa shape index (κ1) is 76.3. The lowest BCUT2D eigenvalue weighted by Crippen LogP contribution is -1.99. The molecule has 496 valence electrons. The molecule has 0 unspecified atom stereocenters. The number of benzene rings is 8. The van der Waals surface area contributed by atoms with Crippen molar-refractivity contribution in [3.05, 3.63) is 186 Å². The van der Waals surface area contributed by atoms with Gasteiger partial charge in [0.25, 0.3) is 0 Å². The largest absolute Gasteiger partial charge is 0.508 e. The number of phenols is 8. The van der Waals surface area contributed by atoms with Crippen molar-refractivity contribution in [1.82, 2.24) is 0 Å². The van der Waals surface area contributed by atoms with Gasteiger partial charge in [0.05, 0.1) is 0 Å². The molecule has 12 heteroatoms. The molecule has 92 heavy (non-hydrogen) atoms. The summed E-state index contributed by atoms with van der Waals surface area (Å²) in [4.78, 5) is 9.33. The molecule has 0 saturated carbocycles. The molecule has 8 N–H and O–H groups in total. The van der Waals surface area contributed by atoms with Gasteiger partial charge in [0.1, 0.15) is 46.0 Å². The van der Waals surface area contributed by atoms with Crippen LogP contribution in [0.2, 0.25) is 0 Å². The Kier molecular flexibility index (Phi) is 28.3. The van der Waals surface area contributed by atoms with E-state index in [9.17, 15) is 40.9 Å². The number of rotatable bonds is 18. The molecule has 8 rings (SSSR count). The van der Waals surface area contributed by atoms with Gasteiger partial charge in [-0.25, -0.2) is 0 Å². The predicted molar refractivity (Wildman–Crippen MR) is 392 cm³/mol. The zero-order valence-corrected chi connectivity index (χ0v) is 62.0. The SMILES string of the molecule is CC(C)c1cc(Sc2cc(C(C)C)c(O)cc2C(C)C)c(C(C)C)cc1O.CCc1cc(Sc2cc(CC)c(O)cc2CC)c(CC)cc1O.Cc1c(O)ccc(Sc2ccc(O)c(C)c2C)c1C.Cc1cc(O)c(C(C)C)cc1Sc1cc(C(C)C)c(O)cc1C. The molecule has 8 aromatic rings. The minimum Gasteiger partial charge on any atom is -0.508 e. The van der Waals surface area contributed by atoms with E-state index in [1.54, 1.807) is 59.2 Å². The standard InChI is InChI=1S/C24H34O2S.2C20H26O2S.C16H18O2S/c1-13(2)17-11-23(19(15(5)6)9-21(17)25)27-24-12-18(14(3)4)22(26)10-20(24)16(7)8;1-11(2)15-9-19(13(5)7-17(15)21)23-20-10-16(12(3)4)18(22)8-14(20)6;1-5-13-11-19(15(7-3)9-17(13)21)23-20-12-14(6-2)18(22)10-16(20)8-4;1-9-11(3)15(7-5-13(9)17)19-16-8-6-14(18)10(2)12(16)4/h9-16,25-26H,1-8H3;7-12,21-22H,1-6H3;9-12,21-22H,5-8H2,1-4H3;5-8,17-18H,1-4H3. The summed E-state index contributed by atoms with van der Waals surface area (Å²) in [5.41, 5.74) is 16.7. The topological polar surface area (TPSA) is 162 Å². The van der Waals surface area contributed by atoms with E-state index >= 15 is 0 Å². The van der Waals surface area contributed by atoms with E-state index in [0.717, 1.165) is 134 Å². The number of aromatic hydroxyl groups is 8. The van der Waals surface area contributed by atoms with Gasteiger partial charge in [-0.3, -0.25) is 0 Å². The van der Waals surface area contributed by atoms with Crippen LogP contribution in [0.4, 0.5) is 0 Å². The molecule has 0 heterocycles. The summed E-state index contributed by atoms with van der Waals surface area (Å²) in [5, 5.41) is 80.7. The Morgan fingerprint density at radius 3 is 0.793 bits per heavy atom. The summed E-state index contributed by atoms with van der Waals surface area (Å²) in [7, 11) is 0. The van der Waals surface area contributed by atoms with Gasteiger partial charge < -0.3 is 40.9 Å². The quantitative estimate of drug-likeness (QED) is 0.0411. The minimum absolute atomic E-state index is 0.265. The van der Waals surface area contributed by atoms with Crippen molar-refractivity contribution in [2.45, 2.75) is 253 Å². The van der Waals surface area contributed by atoms with Crippen molar-refractivity contribution >= 4 is 47.0 Å². The molecule has 0 aliphatic carbocycles. The predicted octanol–water partition coefficient (Wildman–Crippen LogP) is 23.8. The van der Waals surface area contributed by atoms with Crippen LogP contribution in [-0.2, 0) is 25.7 Å². The number of hydrogen-bond acceptors (Lipinski definition) is 12. The fraction of sp³-hybridized carbons (Fsp3) is 0.400. The first-order chi connectivity index (χ1) is 43.2. The minimum atomic E-state index is 0.265. The van der Waals surface area contributed by atoms with E-state index in [1.165, 1.54) is 19.6 Å². The molecule has 8 aromatic carbocycles. The van der Waals surface area contributed by atoms with E-state index in [-0.39, 0.29) is 23.7 Å². The Hall–Kier alpha value is -6.44. The van der Waals surface area contributed by atoms with Crippen LogP contribution >= 0.6 is 47.0 Å². The van der Waals surface area contributed by atoms with Crippen molar-refractivity contribution in [2.75, 3.05) is 0 Å². The van der Waals surface area contributed by atoms with E-state index < -0.39 is 0 Å². The smallest absolute Gasteiger partial charge is 0.119 e. The van der Waals surface area contributed by atoms with Gasteiger partial charge in [0.2, 0.25) is 0 Å². The van der Waals surface area contributed by atoms with E-state index in [4.69, 9.17) is 0 Å². The Morgan fingerprint density at radius 2 is 0.500 bits per heavy atom. The van der Waals surface area contributed by atoms with Gasteiger partial charge in [-0.1, -0.05) is 158 Å². The molecule has 0 fully saturated rings. The monoisotopic (exact) mass is 1320 g/mol. The lowest BCUT2D eigenvalue weighted by atomic mass is 9.96. The second kappa shape index (κ2) is 34.1. The van der Waals surface area contributed by atoms with Crippen molar-refractivity contribution < 1.29 is 40.9 Å². The van der Waals surface area contributed by atoms with Crippen molar-refractivity contribution in [3.63, 3.8) is 0 Å². The van der Waals surface area contributed by atoms with Crippen LogP contribution in [0.1, 0.15) is 235 Å². The third kappa shape index (κ3) is 19.4. The molecular weight excluding hydrogens is 1220 g/mol. The highest BCUT2D eigenvalue weighted by Crippen LogP contribution is 2.47. The van der Waals surface area contributed by atoms with Crippen molar-refractivity contribution in [2.24, 2.45) is 0 Å². The van der Waals surface area contributed by atoms with Gasteiger partial charge in [-0.2, -0.15) is 0 Å². The Labute approximate surface area is 568 Å². The van der Waals surface area contributed by atoms with E-state index in [1.807, 2.05) is 90.1 Å². The van der Waals surface area contributed by atoms with E-state index in [0.29, 0.717) is 57.8 Å². The number of phenolic OH excluding ortho intramolecular Hbond substituents is 8. The molecule has 0 saturated heterocycles. The van der Waals surface area contributed by atoms with Crippen LogP contribution in [0.15, 0.2) is 136 Å². The Morgan fingerprint density at radius 1 is 0.239 bits per heavy atom. The fourth-order valence-electron chi connectivity index (χ4n) is 10.6. The zero-order valence-electron chi connectivity index (χ0n) is 58.7. The third-order valence-electron chi connectivity index (χ3n) is 17.0. The van der Waals surface area contributed by atoms with Gasteiger partial charge in [-0.05, 0) is 289 Å². The van der Waals surface area contributed by atoms with Crippen LogP contribution in [0, 0.1) is 41.5 Å². The van der Waals surface area contributed by atoms with Crippen LogP contribution in [0.5, 0.6) is 46.0 Å². The second-order valence-corrected chi connectivity index (χ2v) is 30.2. The molecular formula is C80H104O8S4. The summed E-state index contributed by atoms with van der Waals surface area (Å²) in [5.74, 6) is 4.69. The highest BCUT2D eigenvalue weighted by atomic mass is 32.2. The van der Waals surface area contributed by atoms with Crippen LogP contribution in [-0.4, -0.2) is 40.9 Å². The molecule has 0 amide bonds. The summed E-state index contributed by atoms with van der Waals surface area (Å²) >= 11 is 6.86. The summed E-state index contributed by atoms with van der Waals surface area (Å²) in [6.07, 6.45) is 3.42. The highest BCUT2D eigenvalue weighted by Gasteiger charge is 2.22. The fourth-order valence-corrected chi connectivity index (χ4v) is 15.5. The third-order valence-corrected chi connectivity index (χ3v) is 22.0. The first-order valence-corrected chi connectivity index (χ1v) is 35.8. The normalized spacial score (nSPS) is 11.3. The van der Waals surface area contributed by atoms with Gasteiger partial charge in [-0.15, -0.1) is 0 Å². The molecule has 0 aliphatic heterocycles. The Balaban J connectivity index is 0.000000224. The lowest BCUT2D eigenvalue weighted by molar-refractivity contribution is 0.462. The Bertz CT molecular complexity index is 3590. The highest BCUT2D eigenvalue weighted by molar-refractivity contribution is 8.00. The second-order valence-electron chi connectivity index (χ2n) is 25.8. The number of hydrogen-bond donors (Lipinski definition) is 8. The molecule has 0 radical (unpaired) electrons. The van der Waals surface area contributed by atoms with Gasteiger partial charge in [0.15, 0.2) is 0 Å². The van der Waals surface area contributed by atoms with Crippen molar-refractivity contribution in [3.8, 4) is 46.0 Å². The van der Waals surface area contributed by atoms with Crippen LogP contribution in [0.3, 0.4) is 0 Å². The molecule has 0 aromatic heterocycles. The molecule has 0 atom stereocenters. The first-order valence-electron chi connectivity index (χ1n) is 32.6. The summed E-state index contributed by atoms with van der Waals surface area (Å²) < 4.78 is 0. The van der Waals surface area contributed by atoms with Gasteiger partial charge >= 0.3 is 0 Å². The zero-order chi connectivity index (χ0) is 68.9. The molecule has 0 spiro atoms. The maximum Gasteiger partial charge on any atom is 0.119 e. The van der Waals surface area contributed by atoms with Crippen molar-refractivity contribution in [1.29, 1.82) is 0 Å². The van der Waals surface area contributed by atoms with E-state index in [2.05, 4.69) is 147 Å². The van der Waals surface area contributed by atoms with Crippen LogP contribution in [0.25, 0.3) is 0 Å².